The van der Waals surface area contributed by atoms with Gasteiger partial charge in [0.05, 0.1) is 24.4 Å². The number of nitrogens with zero attached hydrogens (tertiary/aromatic N) is 2. The first-order chi connectivity index (χ1) is 7.95. The lowest BCUT2D eigenvalue weighted by Crippen LogP contribution is -2.25. The Bertz CT molecular complexity index is 372. The first-order valence-corrected chi connectivity index (χ1v) is 5.84. The molecule has 0 aromatic carbocycles. The fourth-order valence-electron chi connectivity index (χ4n) is 1.30. The van der Waals surface area contributed by atoms with Gasteiger partial charge in [-0.15, -0.1) is 0 Å². The van der Waals surface area contributed by atoms with Gasteiger partial charge in [-0.05, 0) is 26.7 Å². The molecule has 1 N–H and O–H groups in total. The standard InChI is InChI=1S/C12H20N2O3/c1-4-6-14-9-10(8-13-14)17-7-5-12(2,3)11(15)16/h8-9H,4-7H2,1-3H3,(H,15,16). The number of ether oxygens (including phenoxy) is 1. The molecule has 1 heterocycles. The molecule has 1 aromatic heterocycles. The van der Waals surface area contributed by atoms with Crippen molar-refractivity contribution in [2.75, 3.05) is 6.61 Å². The van der Waals surface area contributed by atoms with E-state index in [0.717, 1.165) is 13.0 Å². The number of carboxylic acids is 1. The minimum Gasteiger partial charge on any atom is -0.490 e. The zero-order valence-electron chi connectivity index (χ0n) is 10.6. The van der Waals surface area contributed by atoms with Crippen molar-refractivity contribution in [2.24, 2.45) is 5.41 Å². The molecule has 5 nitrogen and oxygen atoms in total. The minimum absolute atomic E-state index is 0.386. The normalized spacial score (nSPS) is 11.5. The topological polar surface area (TPSA) is 64.3 Å². The van der Waals surface area contributed by atoms with Crippen molar-refractivity contribution in [3.05, 3.63) is 12.4 Å². The summed E-state index contributed by atoms with van der Waals surface area (Å²) >= 11 is 0. The Morgan fingerprint density at radius 2 is 2.29 bits per heavy atom. The number of hydrogen-bond donors (Lipinski definition) is 1. The maximum atomic E-state index is 10.9. The molecule has 1 aromatic rings. The highest BCUT2D eigenvalue weighted by Gasteiger charge is 2.26. The fourth-order valence-corrected chi connectivity index (χ4v) is 1.30. The Kier molecular flexibility index (Phi) is 4.54. The zero-order chi connectivity index (χ0) is 12.9. The van der Waals surface area contributed by atoms with Crippen LogP contribution in [0.2, 0.25) is 0 Å². The van der Waals surface area contributed by atoms with E-state index in [-0.39, 0.29) is 0 Å². The molecule has 0 amide bonds. The van der Waals surface area contributed by atoms with Gasteiger partial charge in [0.1, 0.15) is 0 Å². The molecule has 17 heavy (non-hydrogen) atoms. The average molecular weight is 240 g/mol. The van der Waals surface area contributed by atoms with Gasteiger partial charge in [-0.1, -0.05) is 6.92 Å². The molecular formula is C12H20N2O3. The monoisotopic (exact) mass is 240 g/mol. The number of hydrogen-bond acceptors (Lipinski definition) is 3. The van der Waals surface area contributed by atoms with Gasteiger partial charge in [-0.25, -0.2) is 0 Å². The second-order valence-corrected chi connectivity index (χ2v) is 4.73. The van der Waals surface area contributed by atoms with E-state index < -0.39 is 11.4 Å². The van der Waals surface area contributed by atoms with E-state index in [2.05, 4.69) is 12.0 Å². The van der Waals surface area contributed by atoms with E-state index >= 15 is 0 Å². The van der Waals surface area contributed by atoms with Gasteiger partial charge in [-0.2, -0.15) is 5.10 Å². The van der Waals surface area contributed by atoms with E-state index in [1.807, 2.05) is 10.9 Å². The smallest absolute Gasteiger partial charge is 0.309 e. The number of rotatable bonds is 7. The second kappa shape index (κ2) is 5.70. The van der Waals surface area contributed by atoms with Gasteiger partial charge < -0.3 is 9.84 Å². The molecule has 0 fully saturated rings. The number of carbonyl (C=O) groups is 1. The van der Waals surface area contributed by atoms with Crippen molar-refractivity contribution in [2.45, 2.75) is 40.2 Å². The molecule has 0 saturated heterocycles. The predicted octanol–water partition coefficient (Wildman–Crippen LogP) is 2.17. The summed E-state index contributed by atoms with van der Waals surface area (Å²) in [6.45, 7) is 6.72. The molecule has 96 valence electrons. The van der Waals surface area contributed by atoms with Crippen molar-refractivity contribution in [3.63, 3.8) is 0 Å². The molecule has 1 rings (SSSR count). The Morgan fingerprint density at radius 3 is 2.88 bits per heavy atom. The maximum absolute atomic E-state index is 10.9. The van der Waals surface area contributed by atoms with Gasteiger partial charge >= 0.3 is 5.97 Å². The van der Waals surface area contributed by atoms with Crippen LogP contribution in [0.25, 0.3) is 0 Å². The summed E-state index contributed by atoms with van der Waals surface area (Å²) in [4.78, 5) is 10.9. The molecule has 0 aliphatic heterocycles. The van der Waals surface area contributed by atoms with Gasteiger partial charge in [-0.3, -0.25) is 9.48 Å². The third kappa shape index (κ3) is 4.09. The van der Waals surface area contributed by atoms with Gasteiger partial charge in [0.15, 0.2) is 5.75 Å². The van der Waals surface area contributed by atoms with E-state index in [1.165, 1.54) is 0 Å². The van der Waals surface area contributed by atoms with E-state index in [1.54, 1.807) is 20.0 Å². The highest BCUT2D eigenvalue weighted by Crippen LogP contribution is 2.21. The first kappa shape index (κ1) is 13.5. The van der Waals surface area contributed by atoms with Crippen molar-refractivity contribution < 1.29 is 14.6 Å². The molecule has 0 saturated carbocycles. The van der Waals surface area contributed by atoms with Crippen LogP contribution in [-0.4, -0.2) is 27.5 Å². The largest absolute Gasteiger partial charge is 0.490 e. The molecule has 0 aliphatic rings. The van der Waals surface area contributed by atoms with Crippen LogP contribution in [0.3, 0.4) is 0 Å². The van der Waals surface area contributed by atoms with Gasteiger partial charge in [0, 0.05) is 6.54 Å². The number of aliphatic carboxylic acids is 1. The van der Waals surface area contributed by atoms with Crippen LogP contribution in [0.1, 0.15) is 33.6 Å². The molecule has 0 atom stereocenters. The summed E-state index contributed by atoms with van der Waals surface area (Å²) in [6, 6.07) is 0. The summed E-state index contributed by atoms with van der Waals surface area (Å²) in [6.07, 6.45) is 4.98. The van der Waals surface area contributed by atoms with E-state index in [4.69, 9.17) is 9.84 Å². The lowest BCUT2D eigenvalue weighted by Gasteiger charge is -2.18. The van der Waals surface area contributed by atoms with Crippen LogP contribution in [-0.2, 0) is 11.3 Å². The van der Waals surface area contributed by atoms with Crippen LogP contribution in [0, 0.1) is 5.41 Å². The molecule has 0 unspecified atom stereocenters. The SMILES string of the molecule is CCCn1cc(OCCC(C)(C)C(=O)O)cn1. The van der Waals surface area contributed by atoms with Crippen molar-refractivity contribution in [1.29, 1.82) is 0 Å². The number of aryl methyl sites for hydroxylation is 1. The molecule has 0 bridgehead atoms. The highest BCUT2D eigenvalue weighted by atomic mass is 16.5. The number of aromatic nitrogens is 2. The maximum Gasteiger partial charge on any atom is 0.309 e. The Balaban J connectivity index is 2.38. The van der Waals surface area contributed by atoms with E-state index in [0.29, 0.717) is 18.8 Å². The summed E-state index contributed by atoms with van der Waals surface area (Å²) < 4.78 is 7.29. The van der Waals surface area contributed by atoms with Crippen LogP contribution in [0.15, 0.2) is 12.4 Å². The quantitative estimate of drug-likeness (QED) is 0.793. The van der Waals surface area contributed by atoms with Crippen molar-refractivity contribution >= 4 is 5.97 Å². The second-order valence-electron chi connectivity index (χ2n) is 4.73. The summed E-state index contributed by atoms with van der Waals surface area (Å²) in [5.41, 5.74) is -0.751. The highest BCUT2D eigenvalue weighted by molar-refractivity contribution is 5.73. The summed E-state index contributed by atoms with van der Waals surface area (Å²) in [5, 5.41) is 13.1. The third-order valence-electron chi connectivity index (χ3n) is 2.64. The van der Waals surface area contributed by atoms with Crippen LogP contribution in [0.4, 0.5) is 0 Å². The lowest BCUT2D eigenvalue weighted by molar-refractivity contribution is -0.147. The zero-order valence-corrected chi connectivity index (χ0v) is 10.6. The molecule has 0 aliphatic carbocycles. The summed E-state index contributed by atoms with van der Waals surface area (Å²) in [5.74, 6) is -0.109. The van der Waals surface area contributed by atoms with Crippen LogP contribution >= 0.6 is 0 Å². The Labute approximate surface area is 101 Å². The fraction of sp³-hybridized carbons (Fsp3) is 0.667. The summed E-state index contributed by atoms with van der Waals surface area (Å²) in [7, 11) is 0. The van der Waals surface area contributed by atoms with Crippen LogP contribution in [0.5, 0.6) is 5.75 Å². The van der Waals surface area contributed by atoms with Crippen molar-refractivity contribution in [1.82, 2.24) is 9.78 Å². The van der Waals surface area contributed by atoms with Crippen molar-refractivity contribution in [3.8, 4) is 5.75 Å². The van der Waals surface area contributed by atoms with Gasteiger partial charge in [0.2, 0.25) is 0 Å². The third-order valence-corrected chi connectivity index (χ3v) is 2.64. The Morgan fingerprint density at radius 1 is 1.59 bits per heavy atom. The number of carboxylic acid groups (broad SMARTS) is 1. The molecule has 5 heteroatoms. The molecule has 0 spiro atoms. The predicted molar refractivity (Wildman–Crippen MR) is 64.0 cm³/mol. The minimum atomic E-state index is -0.803. The van der Waals surface area contributed by atoms with E-state index in [9.17, 15) is 4.79 Å². The molecular weight excluding hydrogens is 220 g/mol. The molecule has 0 radical (unpaired) electrons. The Hall–Kier alpha value is -1.52. The van der Waals surface area contributed by atoms with Crippen LogP contribution < -0.4 is 4.74 Å². The van der Waals surface area contributed by atoms with Gasteiger partial charge in [0.25, 0.3) is 0 Å². The lowest BCUT2D eigenvalue weighted by atomic mass is 9.90. The average Bonchev–Trinajstić information content (AvgIpc) is 2.66. The first-order valence-electron chi connectivity index (χ1n) is 5.84.